The lowest BCUT2D eigenvalue weighted by molar-refractivity contribution is -0.134. The van der Waals surface area contributed by atoms with E-state index in [1.165, 1.54) is 21.7 Å². The average molecular weight is 500 g/mol. The van der Waals surface area contributed by atoms with Gasteiger partial charge in [0.2, 0.25) is 21.8 Å². The number of sulfonamides is 1. The first-order valence-electron chi connectivity index (χ1n) is 12.2. The standard InChI is InChI=1S/C27H37N3O4S/c1-19(2)16-22-8-12-25(13-9-22)35(33,34)30-15-14-29(21(5)31)18-26(30)27(32)28-17-23-6-10-24(11-7-23)20(3)4/h6-13,19-20,26H,14-18H2,1-5H3,(H,28,32). The van der Waals surface area contributed by atoms with E-state index in [1.54, 1.807) is 12.1 Å². The number of nitrogens with zero attached hydrogens (tertiary/aromatic N) is 2. The van der Waals surface area contributed by atoms with Crippen molar-refractivity contribution in [1.82, 2.24) is 14.5 Å². The minimum absolute atomic E-state index is 0.0259. The minimum Gasteiger partial charge on any atom is -0.351 e. The maximum atomic E-state index is 13.5. The highest BCUT2D eigenvalue weighted by Crippen LogP contribution is 2.23. The summed E-state index contributed by atoms with van der Waals surface area (Å²) >= 11 is 0. The molecule has 3 rings (SSSR count). The monoisotopic (exact) mass is 499 g/mol. The summed E-state index contributed by atoms with van der Waals surface area (Å²) < 4.78 is 28.3. The van der Waals surface area contributed by atoms with Crippen LogP contribution in [-0.2, 0) is 32.6 Å². The van der Waals surface area contributed by atoms with Crippen molar-refractivity contribution in [3.05, 3.63) is 65.2 Å². The molecule has 190 valence electrons. The Labute approximate surface area is 209 Å². The largest absolute Gasteiger partial charge is 0.351 e. The number of nitrogens with one attached hydrogen (secondary N) is 1. The number of carbonyl (C=O) groups excluding carboxylic acids is 2. The predicted octanol–water partition coefficient (Wildman–Crippen LogP) is 3.55. The summed E-state index contributed by atoms with van der Waals surface area (Å²) in [6.45, 7) is 10.5. The third-order valence-corrected chi connectivity index (χ3v) is 8.29. The molecule has 2 aromatic carbocycles. The molecule has 2 amide bonds. The van der Waals surface area contributed by atoms with Crippen molar-refractivity contribution in [3.8, 4) is 0 Å². The van der Waals surface area contributed by atoms with Crippen LogP contribution in [0.1, 0.15) is 57.2 Å². The molecule has 7 nitrogen and oxygen atoms in total. The summed E-state index contributed by atoms with van der Waals surface area (Å²) in [7, 11) is -3.91. The molecule has 0 aliphatic carbocycles. The third kappa shape index (κ3) is 6.70. The molecule has 0 spiro atoms. The maximum absolute atomic E-state index is 13.5. The molecule has 8 heteroatoms. The Morgan fingerprint density at radius 3 is 2.09 bits per heavy atom. The van der Waals surface area contributed by atoms with Gasteiger partial charge in [-0.05, 0) is 47.1 Å². The van der Waals surface area contributed by atoms with E-state index in [-0.39, 0.29) is 37.0 Å². The number of benzene rings is 2. The van der Waals surface area contributed by atoms with E-state index in [4.69, 9.17) is 0 Å². The van der Waals surface area contributed by atoms with Gasteiger partial charge in [-0.3, -0.25) is 9.59 Å². The SMILES string of the molecule is CC(=O)N1CCN(S(=O)(=O)c2ccc(CC(C)C)cc2)C(C(=O)NCc2ccc(C(C)C)cc2)C1. The number of rotatable bonds is 8. The van der Waals surface area contributed by atoms with Crippen LogP contribution in [0.25, 0.3) is 0 Å². The van der Waals surface area contributed by atoms with Crippen molar-refractivity contribution in [2.75, 3.05) is 19.6 Å². The number of hydrogen-bond acceptors (Lipinski definition) is 4. The Morgan fingerprint density at radius 2 is 1.54 bits per heavy atom. The zero-order chi connectivity index (χ0) is 25.8. The molecule has 1 heterocycles. The summed E-state index contributed by atoms with van der Waals surface area (Å²) in [4.78, 5) is 26.9. The quantitative estimate of drug-likeness (QED) is 0.602. The summed E-state index contributed by atoms with van der Waals surface area (Å²) in [5.41, 5.74) is 3.20. The van der Waals surface area contributed by atoms with Gasteiger partial charge in [0.05, 0.1) is 4.90 Å². The molecule has 1 atom stereocenters. The number of hydrogen-bond donors (Lipinski definition) is 1. The van der Waals surface area contributed by atoms with Crippen LogP contribution in [0.2, 0.25) is 0 Å². The van der Waals surface area contributed by atoms with Gasteiger partial charge in [0.1, 0.15) is 6.04 Å². The molecule has 0 bridgehead atoms. The van der Waals surface area contributed by atoms with Gasteiger partial charge in [0.25, 0.3) is 0 Å². The molecule has 2 aromatic rings. The Kier molecular flexibility index (Phi) is 8.72. The second-order valence-electron chi connectivity index (χ2n) is 9.95. The summed E-state index contributed by atoms with van der Waals surface area (Å²) in [6, 6.07) is 13.9. The fraction of sp³-hybridized carbons (Fsp3) is 0.481. The highest BCUT2D eigenvalue weighted by molar-refractivity contribution is 7.89. The van der Waals surface area contributed by atoms with E-state index in [2.05, 4.69) is 33.0 Å². The van der Waals surface area contributed by atoms with Crippen molar-refractivity contribution >= 4 is 21.8 Å². The molecule has 1 aliphatic heterocycles. The van der Waals surface area contributed by atoms with Crippen molar-refractivity contribution in [3.63, 3.8) is 0 Å². The minimum atomic E-state index is -3.91. The van der Waals surface area contributed by atoms with Gasteiger partial charge in [-0.1, -0.05) is 64.1 Å². The second kappa shape index (κ2) is 11.4. The lowest BCUT2D eigenvalue weighted by atomic mass is 10.0. The van der Waals surface area contributed by atoms with Crippen molar-refractivity contribution in [2.45, 2.75) is 64.4 Å². The number of amides is 2. The molecule has 35 heavy (non-hydrogen) atoms. The van der Waals surface area contributed by atoms with Gasteiger partial charge in [0.15, 0.2) is 0 Å². The fourth-order valence-corrected chi connectivity index (χ4v) is 5.86. The molecule has 0 aromatic heterocycles. The van der Waals surface area contributed by atoms with Gasteiger partial charge in [-0.25, -0.2) is 8.42 Å². The fourth-order valence-electron chi connectivity index (χ4n) is 4.29. The van der Waals surface area contributed by atoms with Crippen LogP contribution < -0.4 is 5.32 Å². The molecular formula is C27H37N3O4S. The van der Waals surface area contributed by atoms with Gasteiger partial charge in [-0.15, -0.1) is 0 Å². The number of piperazine rings is 1. The maximum Gasteiger partial charge on any atom is 0.243 e. The van der Waals surface area contributed by atoms with Crippen molar-refractivity contribution < 1.29 is 18.0 Å². The smallest absolute Gasteiger partial charge is 0.243 e. The Morgan fingerprint density at radius 1 is 0.943 bits per heavy atom. The molecule has 1 saturated heterocycles. The van der Waals surface area contributed by atoms with Crippen LogP contribution in [0, 0.1) is 5.92 Å². The van der Waals surface area contributed by atoms with Gasteiger partial charge in [-0.2, -0.15) is 4.31 Å². The van der Waals surface area contributed by atoms with Crippen LogP contribution in [0.5, 0.6) is 0 Å². The highest BCUT2D eigenvalue weighted by Gasteiger charge is 2.40. The van der Waals surface area contributed by atoms with Gasteiger partial charge < -0.3 is 10.2 Å². The van der Waals surface area contributed by atoms with Gasteiger partial charge in [0, 0.05) is 33.1 Å². The number of carbonyl (C=O) groups is 2. The van der Waals surface area contributed by atoms with E-state index in [1.807, 2.05) is 36.4 Å². The summed E-state index contributed by atoms with van der Waals surface area (Å²) in [6.07, 6.45) is 0.862. The van der Waals surface area contributed by atoms with E-state index in [0.29, 0.717) is 11.8 Å². The average Bonchev–Trinajstić information content (AvgIpc) is 2.82. The van der Waals surface area contributed by atoms with Crippen LogP contribution in [0.15, 0.2) is 53.4 Å². The van der Waals surface area contributed by atoms with Crippen LogP contribution in [0.3, 0.4) is 0 Å². The van der Waals surface area contributed by atoms with Crippen LogP contribution in [-0.4, -0.2) is 55.1 Å². The summed E-state index contributed by atoms with van der Waals surface area (Å²) in [5.74, 6) is 0.287. The first kappa shape index (κ1) is 26.9. The lowest BCUT2D eigenvalue weighted by Crippen LogP contribution is -2.61. The molecule has 1 N–H and O–H groups in total. The summed E-state index contributed by atoms with van der Waals surface area (Å²) in [5, 5.41) is 2.88. The first-order valence-corrected chi connectivity index (χ1v) is 13.7. The van der Waals surface area contributed by atoms with Crippen LogP contribution >= 0.6 is 0 Å². The van der Waals surface area contributed by atoms with E-state index in [0.717, 1.165) is 17.5 Å². The topological polar surface area (TPSA) is 86.8 Å². The van der Waals surface area contributed by atoms with Crippen molar-refractivity contribution in [2.24, 2.45) is 5.92 Å². The molecule has 0 saturated carbocycles. The zero-order valence-electron chi connectivity index (χ0n) is 21.3. The Hall–Kier alpha value is -2.71. The van der Waals surface area contributed by atoms with E-state index in [9.17, 15) is 18.0 Å². The van der Waals surface area contributed by atoms with Gasteiger partial charge >= 0.3 is 0 Å². The Balaban J connectivity index is 1.79. The molecule has 1 fully saturated rings. The molecule has 1 unspecified atom stereocenters. The van der Waals surface area contributed by atoms with Crippen molar-refractivity contribution in [1.29, 1.82) is 0 Å². The second-order valence-corrected chi connectivity index (χ2v) is 11.8. The zero-order valence-corrected chi connectivity index (χ0v) is 22.1. The lowest BCUT2D eigenvalue weighted by Gasteiger charge is -2.39. The highest BCUT2D eigenvalue weighted by atomic mass is 32.2. The molecule has 1 aliphatic rings. The van der Waals surface area contributed by atoms with E-state index < -0.39 is 22.0 Å². The molecule has 0 radical (unpaired) electrons. The Bertz CT molecular complexity index is 1130. The third-order valence-electron chi connectivity index (χ3n) is 6.37. The van der Waals surface area contributed by atoms with E-state index >= 15 is 0 Å². The molecular weight excluding hydrogens is 462 g/mol. The normalized spacial score (nSPS) is 17.1. The predicted molar refractivity (Wildman–Crippen MR) is 137 cm³/mol. The first-order chi connectivity index (χ1) is 16.5. The van der Waals surface area contributed by atoms with Crippen LogP contribution in [0.4, 0.5) is 0 Å².